The summed E-state index contributed by atoms with van der Waals surface area (Å²) >= 11 is 6.11. The molecule has 0 atom stereocenters. The van der Waals surface area contributed by atoms with Gasteiger partial charge in [-0.15, -0.1) is 0 Å². The summed E-state index contributed by atoms with van der Waals surface area (Å²) in [5.41, 5.74) is 1.03. The van der Waals surface area contributed by atoms with Crippen LogP contribution in [0.25, 0.3) is 0 Å². The van der Waals surface area contributed by atoms with Gasteiger partial charge < -0.3 is 10.2 Å². The molecule has 1 aromatic heterocycles. The van der Waals surface area contributed by atoms with Crippen LogP contribution < -0.4 is 0 Å². The number of aliphatic hydroxyl groups excluding tert-OH is 2. The fourth-order valence-corrected chi connectivity index (χ4v) is 2.34. The molecule has 0 bridgehead atoms. The van der Waals surface area contributed by atoms with Crippen molar-refractivity contribution in [2.24, 2.45) is 0 Å². The van der Waals surface area contributed by atoms with Crippen LogP contribution in [0.4, 0.5) is 0 Å². The number of rotatable bonds is 5. The van der Waals surface area contributed by atoms with Gasteiger partial charge in [0.1, 0.15) is 0 Å². The van der Waals surface area contributed by atoms with Gasteiger partial charge in [-0.25, -0.2) is 0 Å². The van der Waals surface area contributed by atoms with E-state index in [9.17, 15) is 10.2 Å². The van der Waals surface area contributed by atoms with Gasteiger partial charge in [-0.2, -0.15) is 0 Å². The molecule has 0 aliphatic heterocycles. The zero-order valence-electron chi connectivity index (χ0n) is 10.5. The predicted octanol–water partition coefficient (Wildman–Crippen LogP) is 2.20. The first-order valence-electron chi connectivity index (χ1n) is 6.07. The number of nitrogens with zero attached hydrogens (tertiary/aromatic N) is 1. The quantitative estimate of drug-likeness (QED) is 0.881. The highest BCUT2D eigenvalue weighted by molar-refractivity contribution is 6.31. The number of pyridine rings is 1. The molecule has 0 unspecified atom stereocenters. The number of halogens is 1. The van der Waals surface area contributed by atoms with Crippen LogP contribution in [-0.4, -0.2) is 28.4 Å². The molecular formula is C15H16ClNO2. The highest BCUT2D eigenvalue weighted by Crippen LogP contribution is 2.30. The van der Waals surface area contributed by atoms with Crippen LogP contribution in [-0.2, 0) is 11.8 Å². The van der Waals surface area contributed by atoms with E-state index in [1.807, 2.05) is 36.4 Å². The maximum atomic E-state index is 9.76. The van der Waals surface area contributed by atoms with E-state index in [4.69, 9.17) is 11.6 Å². The Morgan fingerprint density at radius 2 is 1.74 bits per heavy atom. The molecule has 2 N–H and O–H groups in total. The first kappa shape index (κ1) is 14.0. The largest absolute Gasteiger partial charge is 0.395 e. The molecule has 0 radical (unpaired) electrons. The van der Waals surface area contributed by atoms with Crippen molar-refractivity contribution in [3.8, 4) is 0 Å². The Labute approximate surface area is 117 Å². The number of aromatic nitrogens is 1. The van der Waals surface area contributed by atoms with Crippen LogP contribution in [0.3, 0.4) is 0 Å². The van der Waals surface area contributed by atoms with Gasteiger partial charge in [0.05, 0.1) is 18.2 Å². The topological polar surface area (TPSA) is 53.4 Å². The SMILES string of the molecule is OCC(CO)(Cc1ccncc1Cl)c1ccccc1. The first-order chi connectivity index (χ1) is 9.22. The van der Waals surface area contributed by atoms with Gasteiger partial charge in [0.15, 0.2) is 0 Å². The zero-order valence-corrected chi connectivity index (χ0v) is 11.2. The van der Waals surface area contributed by atoms with Crippen LogP contribution in [0.2, 0.25) is 5.02 Å². The summed E-state index contributed by atoms with van der Waals surface area (Å²) in [5, 5.41) is 20.1. The molecule has 0 aliphatic rings. The third kappa shape index (κ3) is 2.95. The van der Waals surface area contributed by atoms with Gasteiger partial charge in [-0.3, -0.25) is 4.98 Å². The average Bonchev–Trinajstić information content (AvgIpc) is 2.48. The number of hydrogen-bond acceptors (Lipinski definition) is 3. The number of hydrogen-bond donors (Lipinski definition) is 2. The van der Waals surface area contributed by atoms with Crippen LogP contribution in [0.5, 0.6) is 0 Å². The van der Waals surface area contributed by atoms with Crippen LogP contribution in [0.1, 0.15) is 11.1 Å². The molecule has 19 heavy (non-hydrogen) atoms. The van der Waals surface area contributed by atoms with Crippen molar-refractivity contribution in [2.75, 3.05) is 13.2 Å². The van der Waals surface area contributed by atoms with E-state index in [1.165, 1.54) is 0 Å². The summed E-state index contributed by atoms with van der Waals surface area (Å²) in [6.07, 6.45) is 3.69. The molecule has 0 fully saturated rings. The van der Waals surface area contributed by atoms with Crippen LogP contribution >= 0.6 is 11.6 Å². The van der Waals surface area contributed by atoms with Crippen molar-refractivity contribution in [1.82, 2.24) is 4.98 Å². The molecule has 4 heteroatoms. The highest BCUT2D eigenvalue weighted by Gasteiger charge is 2.31. The molecule has 1 aromatic carbocycles. The van der Waals surface area contributed by atoms with Crippen molar-refractivity contribution in [3.05, 3.63) is 64.9 Å². The minimum atomic E-state index is -0.730. The van der Waals surface area contributed by atoms with Gasteiger partial charge in [0, 0.05) is 17.8 Å². The Kier molecular flexibility index (Phi) is 4.53. The summed E-state index contributed by atoms with van der Waals surface area (Å²) in [6, 6.07) is 11.3. The van der Waals surface area contributed by atoms with Crippen molar-refractivity contribution in [2.45, 2.75) is 11.8 Å². The average molecular weight is 278 g/mol. The zero-order chi connectivity index (χ0) is 13.7. The number of aliphatic hydroxyl groups is 2. The van der Waals surface area contributed by atoms with E-state index >= 15 is 0 Å². The maximum Gasteiger partial charge on any atom is 0.0621 e. The Hall–Kier alpha value is -1.42. The second-order valence-corrected chi connectivity index (χ2v) is 5.01. The second-order valence-electron chi connectivity index (χ2n) is 4.61. The van der Waals surface area contributed by atoms with Crippen LogP contribution in [0, 0.1) is 0 Å². The molecule has 0 aliphatic carbocycles. The smallest absolute Gasteiger partial charge is 0.0621 e. The Balaban J connectivity index is 2.38. The van der Waals surface area contributed by atoms with Gasteiger partial charge in [0.25, 0.3) is 0 Å². The molecular weight excluding hydrogens is 262 g/mol. The molecule has 0 amide bonds. The normalized spacial score (nSPS) is 11.5. The van der Waals surface area contributed by atoms with E-state index in [2.05, 4.69) is 4.98 Å². The summed E-state index contributed by atoms with van der Waals surface area (Å²) < 4.78 is 0. The van der Waals surface area contributed by atoms with Crippen molar-refractivity contribution < 1.29 is 10.2 Å². The molecule has 3 nitrogen and oxygen atoms in total. The second kappa shape index (κ2) is 6.15. The molecule has 0 saturated heterocycles. The Morgan fingerprint density at radius 3 is 2.32 bits per heavy atom. The first-order valence-corrected chi connectivity index (χ1v) is 6.45. The minimum Gasteiger partial charge on any atom is -0.395 e. The predicted molar refractivity (Wildman–Crippen MR) is 75.2 cm³/mol. The van der Waals surface area contributed by atoms with E-state index in [1.54, 1.807) is 12.4 Å². The van der Waals surface area contributed by atoms with Crippen molar-refractivity contribution >= 4 is 11.6 Å². The van der Waals surface area contributed by atoms with E-state index in [0.29, 0.717) is 11.4 Å². The van der Waals surface area contributed by atoms with E-state index in [-0.39, 0.29) is 13.2 Å². The lowest BCUT2D eigenvalue weighted by Gasteiger charge is -2.30. The summed E-state index contributed by atoms with van der Waals surface area (Å²) in [4.78, 5) is 3.94. The number of benzene rings is 1. The van der Waals surface area contributed by atoms with Crippen molar-refractivity contribution in [3.63, 3.8) is 0 Å². The summed E-state index contributed by atoms with van der Waals surface area (Å²) in [7, 11) is 0. The summed E-state index contributed by atoms with van der Waals surface area (Å²) in [6.45, 7) is -0.293. The third-order valence-electron chi connectivity index (χ3n) is 3.38. The molecule has 0 spiro atoms. The van der Waals surface area contributed by atoms with Gasteiger partial charge in [-0.1, -0.05) is 41.9 Å². The van der Waals surface area contributed by atoms with Crippen molar-refractivity contribution in [1.29, 1.82) is 0 Å². The molecule has 0 saturated carbocycles. The summed E-state index contributed by atoms with van der Waals surface area (Å²) in [5.74, 6) is 0. The highest BCUT2D eigenvalue weighted by atomic mass is 35.5. The monoisotopic (exact) mass is 277 g/mol. The van der Waals surface area contributed by atoms with E-state index in [0.717, 1.165) is 11.1 Å². The fourth-order valence-electron chi connectivity index (χ4n) is 2.15. The van der Waals surface area contributed by atoms with Gasteiger partial charge >= 0.3 is 0 Å². The Morgan fingerprint density at radius 1 is 1.05 bits per heavy atom. The lowest BCUT2D eigenvalue weighted by atomic mass is 9.77. The molecule has 2 aromatic rings. The lowest BCUT2D eigenvalue weighted by molar-refractivity contribution is 0.116. The molecule has 2 rings (SSSR count). The van der Waals surface area contributed by atoms with Crippen LogP contribution in [0.15, 0.2) is 48.8 Å². The van der Waals surface area contributed by atoms with E-state index < -0.39 is 5.41 Å². The lowest BCUT2D eigenvalue weighted by Crippen LogP contribution is -2.37. The van der Waals surface area contributed by atoms with Gasteiger partial charge in [0.2, 0.25) is 0 Å². The molecule has 100 valence electrons. The standard InChI is InChI=1S/C15H16ClNO2/c16-14-9-17-7-6-12(14)8-15(10-18,11-19)13-4-2-1-3-5-13/h1-7,9,18-19H,8,10-11H2. The van der Waals surface area contributed by atoms with Gasteiger partial charge in [-0.05, 0) is 23.6 Å². The fraction of sp³-hybridized carbons (Fsp3) is 0.267. The maximum absolute atomic E-state index is 9.76. The molecule has 1 heterocycles. The minimum absolute atomic E-state index is 0.147. The Bertz CT molecular complexity index is 527. The third-order valence-corrected chi connectivity index (χ3v) is 3.72.